The fraction of sp³-hybridized carbons (Fsp3) is 0.545. The summed E-state index contributed by atoms with van der Waals surface area (Å²) >= 11 is 0. The van der Waals surface area contributed by atoms with Crippen molar-refractivity contribution >= 4 is 11.9 Å². The van der Waals surface area contributed by atoms with Crippen molar-refractivity contribution in [3.8, 4) is 0 Å². The summed E-state index contributed by atoms with van der Waals surface area (Å²) in [5, 5.41) is 6.03. The van der Waals surface area contributed by atoms with Crippen LogP contribution in [0.2, 0.25) is 0 Å². The van der Waals surface area contributed by atoms with Gasteiger partial charge in [-0.1, -0.05) is 29.3 Å². The van der Waals surface area contributed by atoms with Crippen LogP contribution in [0.25, 0.3) is 0 Å². The van der Waals surface area contributed by atoms with Crippen LogP contribution in [-0.2, 0) is 0 Å². The van der Waals surface area contributed by atoms with Crippen LogP contribution in [0.3, 0.4) is 0 Å². The lowest BCUT2D eigenvalue weighted by Crippen LogP contribution is -2.49. The van der Waals surface area contributed by atoms with Crippen molar-refractivity contribution in [2.24, 2.45) is 0 Å². The van der Waals surface area contributed by atoms with Gasteiger partial charge in [-0.3, -0.25) is 4.79 Å². The molecule has 1 aromatic rings. The van der Waals surface area contributed by atoms with E-state index in [1.54, 1.807) is 0 Å². The number of urea groups is 1. The minimum atomic E-state index is -0.0882. The van der Waals surface area contributed by atoms with Gasteiger partial charge < -0.3 is 15.5 Å². The number of hydrogen-bond donors (Lipinski definition) is 2. The number of hydrogen-bond acceptors (Lipinski definition) is 2. The number of nitrogens with one attached hydrogen (secondary N) is 2. The second-order valence-corrected chi connectivity index (χ2v) is 7.69. The van der Waals surface area contributed by atoms with E-state index in [1.807, 2.05) is 36.1 Å². The van der Waals surface area contributed by atoms with Gasteiger partial charge >= 0.3 is 6.03 Å². The molecule has 5 heteroatoms. The lowest BCUT2D eigenvalue weighted by molar-refractivity contribution is 0.0708. The molecule has 0 aromatic heterocycles. The molecule has 146 valence electrons. The Bertz CT molecular complexity index is 673. The summed E-state index contributed by atoms with van der Waals surface area (Å²) in [5.41, 5.74) is 3.37. The number of aryl methyl sites for hydroxylation is 1. The van der Waals surface area contributed by atoms with Crippen LogP contribution < -0.4 is 10.6 Å². The molecule has 0 radical (unpaired) electrons. The van der Waals surface area contributed by atoms with E-state index in [1.165, 1.54) is 31.3 Å². The second kappa shape index (κ2) is 9.58. The van der Waals surface area contributed by atoms with Crippen LogP contribution in [0, 0.1) is 6.92 Å². The van der Waals surface area contributed by atoms with E-state index in [0.717, 1.165) is 30.4 Å². The summed E-state index contributed by atoms with van der Waals surface area (Å²) < 4.78 is 0. The van der Waals surface area contributed by atoms with Crippen LogP contribution in [0.4, 0.5) is 4.79 Å². The quantitative estimate of drug-likeness (QED) is 0.776. The van der Waals surface area contributed by atoms with E-state index in [9.17, 15) is 9.59 Å². The third-order valence-corrected chi connectivity index (χ3v) is 5.53. The van der Waals surface area contributed by atoms with E-state index < -0.39 is 0 Å². The minimum absolute atomic E-state index is 0.0821. The predicted molar refractivity (Wildman–Crippen MR) is 108 cm³/mol. The SMILES string of the molecule is Cc1ccc(C(=O)N2CCC(NC(=O)NCCC3=CCCCC3)CC2)cc1. The van der Waals surface area contributed by atoms with Crippen molar-refractivity contribution in [2.45, 2.75) is 57.9 Å². The molecule has 1 aliphatic carbocycles. The molecule has 0 unspecified atom stereocenters. The van der Waals surface area contributed by atoms with Gasteiger partial charge in [0.25, 0.3) is 5.91 Å². The van der Waals surface area contributed by atoms with Crippen molar-refractivity contribution in [1.29, 1.82) is 0 Å². The number of allylic oxidation sites excluding steroid dienone is 1. The van der Waals surface area contributed by atoms with E-state index in [-0.39, 0.29) is 18.0 Å². The highest BCUT2D eigenvalue weighted by Crippen LogP contribution is 2.19. The first-order valence-corrected chi connectivity index (χ1v) is 10.2. The largest absolute Gasteiger partial charge is 0.338 e. The van der Waals surface area contributed by atoms with Crippen LogP contribution in [0.15, 0.2) is 35.9 Å². The Balaban J connectivity index is 1.36. The van der Waals surface area contributed by atoms with Gasteiger partial charge in [0.15, 0.2) is 0 Å². The van der Waals surface area contributed by atoms with Gasteiger partial charge in [0.1, 0.15) is 0 Å². The van der Waals surface area contributed by atoms with E-state index in [4.69, 9.17) is 0 Å². The Hall–Kier alpha value is -2.30. The zero-order chi connectivity index (χ0) is 19.1. The van der Waals surface area contributed by atoms with Crippen molar-refractivity contribution in [1.82, 2.24) is 15.5 Å². The number of rotatable bonds is 5. The summed E-state index contributed by atoms with van der Waals surface area (Å²) in [5.74, 6) is 0.0821. The maximum Gasteiger partial charge on any atom is 0.315 e. The summed E-state index contributed by atoms with van der Waals surface area (Å²) in [6.07, 6.45) is 9.81. The van der Waals surface area contributed by atoms with Gasteiger partial charge in [-0.2, -0.15) is 0 Å². The van der Waals surface area contributed by atoms with Crippen LogP contribution in [0.1, 0.15) is 60.9 Å². The zero-order valence-corrected chi connectivity index (χ0v) is 16.3. The van der Waals surface area contributed by atoms with E-state index >= 15 is 0 Å². The van der Waals surface area contributed by atoms with Crippen molar-refractivity contribution in [3.05, 3.63) is 47.0 Å². The van der Waals surface area contributed by atoms with Gasteiger partial charge in [-0.05, 0) is 64.0 Å². The Kier molecular flexibility index (Phi) is 6.91. The normalized spacial score (nSPS) is 18.0. The average molecular weight is 370 g/mol. The number of carbonyl (C=O) groups excluding carboxylic acids is 2. The number of carbonyl (C=O) groups is 2. The molecular weight excluding hydrogens is 338 g/mol. The summed E-state index contributed by atoms with van der Waals surface area (Å²) in [4.78, 5) is 26.5. The molecule has 2 aliphatic rings. The molecule has 1 heterocycles. The molecule has 5 nitrogen and oxygen atoms in total. The van der Waals surface area contributed by atoms with Gasteiger partial charge in [-0.15, -0.1) is 0 Å². The first kappa shape index (κ1) is 19.5. The number of amides is 3. The number of nitrogens with zero attached hydrogens (tertiary/aromatic N) is 1. The van der Waals surface area contributed by atoms with Crippen LogP contribution in [-0.4, -0.2) is 42.5 Å². The Morgan fingerprint density at radius 3 is 2.52 bits per heavy atom. The Morgan fingerprint density at radius 2 is 1.85 bits per heavy atom. The van der Waals surface area contributed by atoms with Gasteiger partial charge in [0.05, 0.1) is 0 Å². The number of likely N-dealkylation sites (tertiary alicyclic amines) is 1. The van der Waals surface area contributed by atoms with Gasteiger partial charge in [0, 0.05) is 31.2 Å². The van der Waals surface area contributed by atoms with E-state index in [2.05, 4.69) is 16.7 Å². The molecule has 3 rings (SSSR count). The topological polar surface area (TPSA) is 61.4 Å². The highest BCUT2D eigenvalue weighted by atomic mass is 16.2. The highest BCUT2D eigenvalue weighted by Gasteiger charge is 2.24. The van der Waals surface area contributed by atoms with Crippen LogP contribution in [0.5, 0.6) is 0 Å². The van der Waals surface area contributed by atoms with Crippen LogP contribution >= 0.6 is 0 Å². The first-order valence-electron chi connectivity index (χ1n) is 10.2. The molecule has 1 saturated heterocycles. The fourth-order valence-electron chi connectivity index (χ4n) is 3.81. The molecule has 1 aromatic carbocycles. The molecule has 0 saturated carbocycles. The molecule has 1 fully saturated rings. The highest BCUT2D eigenvalue weighted by molar-refractivity contribution is 5.94. The predicted octanol–water partition coefficient (Wildman–Crippen LogP) is 3.79. The van der Waals surface area contributed by atoms with Crippen molar-refractivity contribution < 1.29 is 9.59 Å². The first-order chi connectivity index (χ1) is 13.1. The summed E-state index contributed by atoms with van der Waals surface area (Å²) in [6.45, 7) is 4.08. The van der Waals surface area contributed by atoms with Gasteiger partial charge in [0.2, 0.25) is 0 Å². The standard InChI is InChI=1S/C22H31N3O2/c1-17-7-9-19(10-8-17)21(26)25-15-12-20(13-16-25)24-22(27)23-14-11-18-5-3-2-4-6-18/h5,7-10,20H,2-4,6,11-16H2,1H3,(H2,23,24,27). The van der Waals surface area contributed by atoms with E-state index in [0.29, 0.717) is 19.6 Å². The molecular formula is C22H31N3O2. The Labute approximate surface area is 162 Å². The smallest absolute Gasteiger partial charge is 0.315 e. The minimum Gasteiger partial charge on any atom is -0.338 e. The lowest BCUT2D eigenvalue weighted by Gasteiger charge is -2.32. The molecule has 3 amide bonds. The number of piperidine rings is 1. The monoisotopic (exact) mass is 369 g/mol. The average Bonchev–Trinajstić information content (AvgIpc) is 2.69. The van der Waals surface area contributed by atoms with Gasteiger partial charge in [-0.25, -0.2) is 4.79 Å². The molecule has 1 aliphatic heterocycles. The molecule has 2 N–H and O–H groups in total. The molecule has 27 heavy (non-hydrogen) atoms. The van der Waals surface area contributed by atoms with Crippen molar-refractivity contribution in [3.63, 3.8) is 0 Å². The molecule has 0 atom stereocenters. The third kappa shape index (κ3) is 5.84. The lowest BCUT2D eigenvalue weighted by atomic mass is 9.97. The number of benzene rings is 1. The fourth-order valence-corrected chi connectivity index (χ4v) is 3.81. The molecule has 0 bridgehead atoms. The maximum atomic E-state index is 12.6. The summed E-state index contributed by atoms with van der Waals surface area (Å²) in [6, 6.07) is 7.76. The molecule has 0 spiro atoms. The van der Waals surface area contributed by atoms with Crippen molar-refractivity contribution in [2.75, 3.05) is 19.6 Å². The Morgan fingerprint density at radius 1 is 1.11 bits per heavy atom. The third-order valence-electron chi connectivity index (χ3n) is 5.53. The zero-order valence-electron chi connectivity index (χ0n) is 16.3. The maximum absolute atomic E-state index is 12.6. The second-order valence-electron chi connectivity index (χ2n) is 7.69. The summed E-state index contributed by atoms with van der Waals surface area (Å²) in [7, 11) is 0.